The van der Waals surface area contributed by atoms with Gasteiger partial charge in [0.1, 0.15) is 0 Å². The summed E-state index contributed by atoms with van der Waals surface area (Å²) in [6.07, 6.45) is -4.36. The number of thiazole rings is 1. The van der Waals surface area contributed by atoms with Crippen molar-refractivity contribution in [1.29, 1.82) is 0 Å². The van der Waals surface area contributed by atoms with Gasteiger partial charge in [0.25, 0.3) is 0 Å². The summed E-state index contributed by atoms with van der Waals surface area (Å²) in [4.78, 5) is 20.1. The van der Waals surface area contributed by atoms with Crippen LogP contribution >= 0.6 is 11.3 Å². The summed E-state index contributed by atoms with van der Waals surface area (Å²) < 4.78 is 39.5. The standard InChI is InChI=1S/C23H24F3N3O2S/c1-14-7-16(10-21(30)31)9-17(8-14)13-28-5-6-29(12-15(28)2)22-27-19-4-3-18(23(24,25)26)11-20(19)32-22/h3-4,7-9,11,15H,5-6,10,12-13H2,1-2H3,(H,30,31)/t15-/m1/s1. The molecule has 2 aromatic carbocycles. The Hall–Kier alpha value is -2.65. The monoisotopic (exact) mass is 463 g/mol. The second-order valence-corrected chi connectivity index (χ2v) is 9.35. The SMILES string of the molecule is Cc1cc(CC(=O)O)cc(CN2CCN(c3nc4ccc(C(F)(F)F)cc4s3)C[C@H]2C)c1. The van der Waals surface area contributed by atoms with Gasteiger partial charge in [-0.2, -0.15) is 13.2 Å². The number of hydrogen-bond acceptors (Lipinski definition) is 5. The van der Waals surface area contributed by atoms with E-state index < -0.39 is 17.7 Å². The minimum Gasteiger partial charge on any atom is -0.481 e. The number of carbonyl (C=O) groups is 1. The summed E-state index contributed by atoms with van der Waals surface area (Å²) in [5, 5.41) is 9.82. The number of aliphatic carboxylic acids is 1. The van der Waals surface area contributed by atoms with Crippen LogP contribution in [0.3, 0.4) is 0 Å². The molecule has 0 aliphatic carbocycles. The molecule has 0 amide bonds. The molecule has 1 fully saturated rings. The van der Waals surface area contributed by atoms with Gasteiger partial charge in [-0.15, -0.1) is 0 Å². The van der Waals surface area contributed by atoms with Crippen molar-refractivity contribution in [3.05, 3.63) is 58.7 Å². The van der Waals surface area contributed by atoms with Gasteiger partial charge in [0.2, 0.25) is 0 Å². The normalized spacial score (nSPS) is 17.8. The lowest BCUT2D eigenvalue weighted by atomic mass is 10.0. The predicted molar refractivity (Wildman–Crippen MR) is 119 cm³/mol. The fourth-order valence-corrected chi connectivity index (χ4v) is 5.22. The number of piperazine rings is 1. The Morgan fingerprint density at radius 1 is 1.19 bits per heavy atom. The third-order valence-corrected chi connectivity index (χ3v) is 6.76. The highest BCUT2D eigenvalue weighted by molar-refractivity contribution is 7.22. The molecule has 0 spiro atoms. The Balaban J connectivity index is 1.46. The van der Waals surface area contributed by atoms with Crippen LogP contribution in [0, 0.1) is 6.92 Å². The maximum atomic E-state index is 13.0. The van der Waals surface area contributed by atoms with Crippen LogP contribution in [-0.4, -0.2) is 46.6 Å². The zero-order chi connectivity index (χ0) is 23.0. The Bertz CT molecular complexity index is 1150. The number of carboxylic acid groups (broad SMARTS) is 1. The molecule has 1 saturated heterocycles. The van der Waals surface area contributed by atoms with E-state index in [4.69, 9.17) is 5.11 Å². The molecule has 1 aliphatic heterocycles. The number of benzene rings is 2. The van der Waals surface area contributed by atoms with Gasteiger partial charge >= 0.3 is 12.1 Å². The van der Waals surface area contributed by atoms with Crippen LogP contribution in [0.2, 0.25) is 0 Å². The van der Waals surface area contributed by atoms with E-state index in [0.29, 0.717) is 10.2 Å². The van der Waals surface area contributed by atoms with Gasteiger partial charge in [-0.05, 0) is 43.2 Å². The second kappa shape index (κ2) is 8.71. The van der Waals surface area contributed by atoms with E-state index in [0.717, 1.165) is 54.1 Å². The average molecular weight is 464 g/mol. The Morgan fingerprint density at radius 2 is 1.94 bits per heavy atom. The number of halogens is 3. The molecular formula is C23H24F3N3O2S. The molecule has 0 bridgehead atoms. The molecule has 0 radical (unpaired) electrons. The molecule has 32 heavy (non-hydrogen) atoms. The van der Waals surface area contributed by atoms with E-state index in [1.54, 1.807) is 0 Å². The van der Waals surface area contributed by atoms with Crippen LogP contribution < -0.4 is 4.90 Å². The van der Waals surface area contributed by atoms with Crippen LogP contribution in [0.1, 0.15) is 29.2 Å². The first-order valence-corrected chi connectivity index (χ1v) is 11.2. The molecule has 0 unspecified atom stereocenters. The lowest BCUT2D eigenvalue weighted by molar-refractivity contribution is -0.138. The Morgan fingerprint density at radius 3 is 2.62 bits per heavy atom. The number of anilines is 1. The molecular weight excluding hydrogens is 439 g/mol. The lowest BCUT2D eigenvalue weighted by Gasteiger charge is -2.40. The maximum absolute atomic E-state index is 13.0. The minimum atomic E-state index is -4.36. The van der Waals surface area contributed by atoms with Crippen molar-refractivity contribution in [3.8, 4) is 0 Å². The quantitative estimate of drug-likeness (QED) is 0.580. The zero-order valence-electron chi connectivity index (χ0n) is 17.8. The Kier molecular flexibility index (Phi) is 6.13. The van der Waals surface area contributed by atoms with Gasteiger partial charge in [-0.1, -0.05) is 35.1 Å². The molecule has 4 rings (SSSR count). The molecule has 9 heteroatoms. The van der Waals surface area contributed by atoms with Gasteiger partial charge in [0.15, 0.2) is 5.13 Å². The summed E-state index contributed by atoms with van der Waals surface area (Å²) in [7, 11) is 0. The van der Waals surface area contributed by atoms with E-state index in [2.05, 4.69) is 27.8 Å². The Labute approximate surface area is 188 Å². The highest BCUT2D eigenvalue weighted by Crippen LogP contribution is 2.36. The molecule has 1 aliphatic rings. The largest absolute Gasteiger partial charge is 0.481 e. The highest BCUT2D eigenvalue weighted by Gasteiger charge is 2.31. The number of hydrogen-bond donors (Lipinski definition) is 1. The van der Waals surface area contributed by atoms with E-state index >= 15 is 0 Å². The molecule has 2 heterocycles. The van der Waals surface area contributed by atoms with E-state index in [9.17, 15) is 18.0 Å². The van der Waals surface area contributed by atoms with Crippen LogP contribution in [0.4, 0.5) is 18.3 Å². The third kappa shape index (κ3) is 5.05. The van der Waals surface area contributed by atoms with Crippen molar-refractivity contribution in [2.24, 2.45) is 0 Å². The van der Waals surface area contributed by atoms with Gasteiger partial charge in [-0.3, -0.25) is 9.69 Å². The van der Waals surface area contributed by atoms with Crippen molar-refractivity contribution in [3.63, 3.8) is 0 Å². The first-order chi connectivity index (χ1) is 15.1. The summed E-state index contributed by atoms with van der Waals surface area (Å²) in [5.74, 6) is -0.846. The summed E-state index contributed by atoms with van der Waals surface area (Å²) in [6, 6.07) is 9.82. The number of aromatic nitrogens is 1. The number of rotatable bonds is 5. The van der Waals surface area contributed by atoms with E-state index in [-0.39, 0.29) is 12.5 Å². The van der Waals surface area contributed by atoms with Gasteiger partial charge < -0.3 is 10.0 Å². The van der Waals surface area contributed by atoms with Crippen LogP contribution in [0.25, 0.3) is 10.2 Å². The topological polar surface area (TPSA) is 56.7 Å². The van der Waals surface area contributed by atoms with Crippen LogP contribution in [-0.2, 0) is 23.9 Å². The second-order valence-electron chi connectivity index (χ2n) is 8.34. The fourth-order valence-electron chi connectivity index (χ4n) is 4.18. The number of fused-ring (bicyclic) bond motifs is 1. The molecule has 5 nitrogen and oxygen atoms in total. The third-order valence-electron chi connectivity index (χ3n) is 5.68. The summed E-state index contributed by atoms with van der Waals surface area (Å²) in [5.41, 5.74) is 2.85. The van der Waals surface area contributed by atoms with Crippen molar-refractivity contribution in [2.75, 3.05) is 24.5 Å². The van der Waals surface area contributed by atoms with Crippen molar-refractivity contribution in [2.45, 2.75) is 39.0 Å². The van der Waals surface area contributed by atoms with Gasteiger partial charge in [0, 0.05) is 32.2 Å². The molecule has 3 aromatic rings. The van der Waals surface area contributed by atoms with Crippen LogP contribution in [0.15, 0.2) is 36.4 Å². The average Bonchev–Trinajstić information content (AvgIpc) is 3.11. The van der Waals surface area contributed by atoms with Crippen LogP contribution in [0.5, 0.6) is 0 Å². The number of nitrogens with zero attached hydrogens (tertiary/aromatic N) is 3. The summed E-state index contributed by atoms with van der Waals surface area (Å²) in [6.45, 7) is 7.04. The van der Waals surface area contributed by atoms with E-state index in [1.807, 2.05) is 19.1 Å². The summed E-state index contributed by atoms with van der Waals surface area (Å²) >= 11 is 1.29. The van der Waals surface area contributed by atoms with Gasteiger partial charge in [0.05, 0.1) is 22.2 Å². The molecule has 1 aromatic heterocycles. The smallest absolute Gasteiger partial charge is 0.416 e. The first-order valence-electron chi connectivity index (χ1n) is 10.4. The molecule has 0 saturated carbocycles. The highest BCUT2D eigenvalue weighted by atomic mass is 32.1. The maximum Gasteiger partial charge on any atom is 0.416 e. The number of carboxylic acids is 1. The molecule has 170 valence electrons. The minimum absolute atomic E-state index is 0.00563. The zero-order valence-corrected chi connectivity index (χ0v) is 18.6. The van der Waals surface area contributed by atoms with E-state index in [1.165, 1.54) is 23.5 Å². The molecule has 1 N–H and O–H groups in total. The lowest BCUT2D eigenvalue weighted by Crippen LogP contribution is -2.51. The number of aryl methyl sites for hydroxylation is 1. The van der Waals surface area contributed by atoms with Gasteiger partial charge in [-0.25, -0.2) is 4.98 Å². The van der Waals surface area contributed by atoms with Crippen molar-refractivity contribution < 1.29 is 23.1 Å². The van der Waals surface area contributed by atoms with Crippen molar-refractivity contribution in [1.82, 2.24) is 9.88 Å². The fraction of sp³-hybridized carbons (Fsp3) is 0.391. The molecule has 1 atom stereocenters. The number of alkyl halides is 3. The predicted octanol–water partition coefficient (Wildman–Crippen LogP) is 4.96. The first kappa shape index (κ1) is 22.5. The van der Waals surface area contributed by atoms with Crippen molar-refractivity contribution >= 4 is 32.7 Å².